The van der Waals surface area contributed by atoms with Crippen LogP contribution in [-0.2, 0) is 4.79 Å². The largest absolute Gasteiger partial charge is 0.480 e. The van der Waals surface area contributed by atoms with E-state index < -0.39 is 12.0 Å². The standard InChI is InChI=1S/C18H30N2O2S/c1-14(2)7-5-8-15(3)9-6-10-16(4)11-23-12-17(18(21)22)20-13-19/h7,9,11,13,17H,5-6,8,10,12H2,1-4H3,(H2,19,20)(H,21,22). The molecule has 0 radical (unpaired) electrons. The smallest absolute Gasteiger partial charge is 0.329 e. The first-order valence-electron chi connectivity index (χ1n) is 7.89. The third kappa shape index (κ3) is 12.7. The molecule has 0 amide bonds. The van der Waals surface area contributed by atoms with E-state index in [1.807, 2.05) is 5.41 Å². The van der Waals surface area contributed by atoms with E-state index in [0.29, 0.717) is 5.75 Å². The molecule has 0 saturated carbocycles. The van der Waals surface area contributed by atoms with Crippen LogP contribution in [0.1, 0.15) is 53.4 Å². The summed E-state index contributed by atoms with van der Waals surface area (Å²) in [5.41, 5.74) is 9.20. The molecule has 1 atom stereocenters. The van der Waals surface area contributed by atoms with Gasteiger partial charge in [0.1, 0.15) is 0 Å². The van der Waals surface area contributed by atoms with Crippen LogP contribution < -0.4 is 5.73 Å². The molecule has 0 aromatic rings. The summed E-state index contributed by atoms with van der Waals surface area (Å²) >= 11 is 1.47. The highest BCUT2D eigenvalue weighted by atomic mass is 32.2. The van der Waals surface area contributed by atoms with Crippen molar-refractivity contribution in [1.29, 1.82) is 0 Å². The van der Waals surface area contributed by atoms with Crippen molar-refractivity contribution in [2.24, 2.45) is 10.7 Å². The van der Waals surface area contributed by atoms with Crippen LogP contribution in [-0.4, -0.2) is 29.2 Å². The molecule has 130 valence electrons. The molecule has 0 aliphatic carbocycles. The van der Waals surface area contributed by atoms with Crippen LogP contribution in [0.15, 0.2) is 39.3 Å². The molecule has 0 aromatic heterocycles. The number of hydrogen-bond acceptors (Lipinski definition) is 3. The highest BCUT2D eigenvalue weighted by molar-refractivity contribution is 8.02. The maximum atomic E-state index is 10.9. The molecule has 0 rings (SSSR count). The number of aliphatic imine (C=N–C) groups is 1. The van der Waals surface area contributed by atoms with Crippen molar-refractivity contribution in [1.82, 2.24) is 0 Å². The summed E-state index contributed by atoms with van der Waals surface area (Å²) in [5, 5.41) is 11.0. The van der Waals surface area contributed by atoms with Gasteiger partial charge in [-0.25, -0.2) is 4.79 Å². The van der Waals surface area contributed by atoms with Gasteiger partial charge < -0.3 is 10.8 Å². The molecular weight excluding hydrogens is 308 g/mol. The fraction of sp³-hybridized carbons (Fsp3) is 0.556. The molecule has 23 heavy (non-hydrogen) atoms. The normalized spacial score (nSPS) is 14.1. The van der Waals surface area contributed by atoms with Crippen LogP contribution in [0.2, 0.25) is 0 Å². The number of carboxylic acids is 1. The van der Waals surface area contributed by atoms with Crippen LogP contribution in [0.3, 0.4) is 0 Å². The summed E-state index contributed by atoms with van der Waals surface area (Å²) in [6.45, 7) is 8.49. The topological polar surface area (TPSA) is 75.7 Å². The van der Waals surface area contributed by atoms with Crippen molar-refractivity contribution < 1.29 is 9.90 Å². The molecule has 0 fully saturated rings. The fourth-order valence-electron chi connectivity index (χ4n) is 1.86. The molecule has 4 nitrogen and oxygen atoms in total. The summed E-state index contributed by atoms with van der Waals surface area (Å²) < 4.78 is 0. The monoisotopic (exact) mass is 338 g/mol. The predicted octanol–water partition coefficient (Wildman–Crippen LogP) is 4.54. The van der Waals surface area contributed by atoms with Crippen LogP contribution >= 0.6 is 11.8 Å². The van der Waals surface area contributed by atoms with Crippen LogP contribution in [0.4, 0.5) is 0 Å². The van der Waals surface area contributed by atoms with Crippen molar-refractivity contribution in [3.63, 3.8) is 0 Å². The number of aliphatic carboxylic acids is 1. The number of carboxylic acid groups (broad SMARTS) is 1. The Balaban J connectivity index is 4.11. The van der Waals surface area contributed by atoms with E-state index in [0.717, 1.165) is 32.0 Å². The van der Waals surface area contributed by atoms with Crippen molar-refractivity contribution in [3.8, 4) is 0 Å². The molecule has 3 N–H and O–H groups in total. The fourth-order valence-corrected chi connectivity index (χ4v) is 2.77. The number of nitrogens with two attached hydrogens (primary N) is 1. The number of rotatable bonds is 11. The number of carbonyl (C=O) groups is 1. The van der Waals surface area contributed by atoms with Gasteiger partial charge in [0, 0.05) is 5.75 Å². The zero-order chi connectivity index (χ0) is 17.7. The minimum Gasteiger partial charge on any atom is -0.480 e. The minimum absolute atomic E-state index is 0.401. The lowest BCUT2D eigenvalue weighted by Gasteiger charge is -2.05. The van der Waals surface area contributed by atoms with Gasteiger partial charge in [0.05, 0.1) is 6.34 Å². The third-order valence-electron chi connectivity index (χ3n) is 3.21. The average molecular weight is 339 g/mol. The van der Waals surface area contributed by atoms with Gasteiger partial charge in [-0.05, 0) is 58.8 Å². The molecule has 0 bridgehead atoms. The SMILES string of the molecule is CC(C)=CCCC(C)=CCCC(C)=CSCC(N=CN)C(=O)O. The van der Waals surface area contributed by atoms with E-state index >= 15 is 0 Å². The van der Waals surface area contributed by atoms with Crippen molar-refractivity contribution in [2.45, 2.75) is 59.4 Å². The Morgan fingerprint density at radius 1 is 1.13 bits per heavy atom. The molecule has 0 saturated heterocycles. The van der Waals surface area contributed by atoms with E-state index in [4.69, 9.17) is 10.8 Å². The summed E-state index contributed by atoms with van der Waals surface area (Å²) in [5.74, 6) is -0.544. The summed E-state index contributed by atoms with van der Waals surface area (Å²) in [4.78, 5) is 14.7. The average Bonchev–Trinajstić information content (AvgIpc) is 2.45. The Labute approximate surface area is 144 Å². The Hall–Kier alpha value is -1.49. The number of hydrogen-bond donors (Lipinski definition) is 2. The van der Waals surface area contributed by atoms with Gasteiger partial charge in [0.2, 0.25) is 0 Å². The number of nitrogens with zero attached hydrogens (tertiary/aromatic N) is 1. The third-order valence-corrected chi connectivity index (χ3v) is 4.29. The highest BCUT2D eigenvalue weighted by Crippen LogP contribution is 2.16. The van der Waals surface area contributed by atoms with Gasteiger partial charge in [0.25, 0.3) is 0 Å². The van der Waals surface area contributed by atoms with Gasteiger partial charge in [0.15, 0.2) is 6.04 Å². The summed E-state index contributed by atoms with van der Waals surface area (Å²) in [6, 6.07) is -0.772. The van der Waals surface area contributed by atoms with E-state index in [-0.39, 0.29) is 0 Å². The second-order valence-electron chi connectivity index (χ2n) is 5.86. The van der Waals surface area contributed by atoms with E-state index in [1.54, 1.807) is 0 Å². The Bertz CT molecular complexity index is 475. The molecule has 0 aromatic carbocycles. The van der Waals surface area contributed by atoms with E-state index in [2.05, 4.69) is 44.8 Å². The Morgan fingerprint density at radius 3 is 2.30 bits per heavy atom. The molecule has 1 unspecified atom stereocenters. The lowest BCUT2D eigenvalue weighted by atomic mass is 10.1. The first-order chi connectivity index (χ1) is 10.9. The zero-order valence-corrected chi connectivity index (χ0v) is 15.5. The molecule has 0 aliphatic rings. The molecule has 0 heterocycles. The van der Waals surface area contributed by atoms with Gasteiger partial charge >= 0.3 is 5.97 Å². The van der Waals surface area contributed by atoms with Crippen LogP contribution in [0.5, 0.6) is 0 Å². The van der Waals surface area contributed by atoms with Gasteiger partial charge in [-0.2, -0.15) is 0 Å². The maximum Gasteiger partial charge on any atom is 0.329 e. The Morgan fingerprint density at radius 2 is 1.74 bits per heavy atom. The second-order valence-corrected chi connectivity index (χ2v) is 6.76. The first-order valence-corrected chi connectivity index (χ1v) is 8.94. The maximum absolute atomic E-state index is 10.9. The first kappa shape index (κ1) is 21.5. The molecule has 0 aliphatic heterocycles. The van der Waals surface area contributed by atoms with E-state index in [1.165, 1.54) is 28.5 Å². The lowest BCUT2D eigenvalue weighted by Crippen LogP contribution is -2.21. The number of allylic oxidation sites excluding steroid dienone is 5. The molecular formula is C18H30N2O2S. The quantitative estimate of drug-likeness (QED) is 0.329. The summed E-state index contributed by atoms with van der Waals surface area (Å²) in [7, 11) is 0. The zero-order valence-electron chi connectivity index (χ0n) is 14.7. The second kappa shape index (κ2) is 13.0. The minimum atomic E-state index is -0.944. The predicted molar refractivity (Wildman–Crippen MR) is 102 cm³/mol. The van der Waals surface area contributed by atoms with Crippen LogP contribution in [0.25, 0.3) is 0 Å². The lowest BCUT2D eigenvalue weighted by molar-refractivity contribution is -0.137. The van der Waals surface area contributed by atoms with Crippen molar-refractivity contribution >= 4 is 24.1 Å². The van der Waals surface area contributed by atoms with E-state index in [9.17, 15) is 4.79 Å². The molecule has 0 spiro atoms. The van der Waals surface area contributed by atoms with Crippen LogP contribution in [0, 0.1) is 0 Å². The molecule has 5 heteroatoms. The van der Waals surface area contributed by atoms with Crippen molar-refractivity contribution in [3.05, 3.63) is 34.3 Å². The van der Waals surface area contributed by atoms with Gasteiger partial charge in [-0.1, -0.05) is 28.9 Å². The van der Waals surface area contributed by atoms with Gasteiger partial charge in [-0.3, -0.25) is 4.99 Å². The summed E-state index contributed by atoms with van der Waals surface area (Å²) in [6.07, 6.45) is 9.84. The number of thioether (sulfide) groups is 1. The highest BCUT2D eigenvalue weighted by Gasteiger charge is 2.14. The van der Waals surface area contributed by atoms with Gasteiger partial charge in [-0.15, -0.1) is 11.8 Å². The Kier molecular flexibility index (Phi) is 12.2. The van der Waals surface area contributed by atoms with Crippen molar-refractivity contribution in [2.75, 3.05) is 5.75 Å².